The molecule has 1 fully saturated rings. The van der Waals surface area contributed by atoms with E-state index in [4.69, 9.17) is 17.0 Å². The van der Waals surface area contributed by atoms with Crippen molar-refractivity contribution in [1.29, 1.82) is 0 Å². The summed E-state index contributed by atoms with van der Waals surface area (Å²) in [4.78, 5) is 25.2. The first-order chi connectivity index (χ1) is 15.3. The van der Waals surface area contributed by atoms with Crippen LogP contribution in [0.1, 0.15) is 66.7 Å². The third kappa shape index (κ3) is 7.03. The maximum atomic E-state index is 12.7. The second kappa shape index (κ2) is 11.4. The van der Waals surface area contributed by atoms with Crippen LogP contribution in [0.5, 0.6) is 5.75 Å². The number of amides is 2. The Kier molecular flexibility index (Phi) is 8.64. The number of halogens is 1. The Bertz CT molecular complexity index is 973. The first-order valence-electron chi connectivity index (χ1n) is 10.8. The molecule has 3 N–H and O–H groups in total. The summed E-state index contributed by atoms with van der Waals surface area (Å²) >= 11 is 8.68. The third-order valence-corrected chi connectivity index (χ3v) is 5.82. The lowest BCUT2D eigenvalue weighted by atomic mass is 9.95. The number of ether oxygens (including phenoxy) is 1. The molecular weight excluding hydrogens is 490 g/mol. The number of benzene rings is 2. The standard InChI is InChI=1S/C24H28BrN3O3S/c1-15(2)31-21-13-10-17(25)14-20(21)23(30)28-24(32)27-19-11-8-16(9-12-19)22(29)26-18-6-4-3-5-7-18/h8-15,18H,3-7H2,1-2H3,(H,26,29)(H2,27,28,30,32). The summed E-state index contributed by atoms with van der Waals surface area (Å²) < 4.78 is 6.49. The fourth-order valence-electron chi connectivity index (χ4n) is 3.59. The Morgan fingerprint density at radius 3 is 2.38 bits per heavy atom. The molecule has 6 nitrogen and oxygen atoms in total. The monoisotopic (exact) mass is 517 g/mol. The topological polar surface area (TPSA) is 79.5 Å². The number of carbonyl (C=O) groups is 2. The maximum Gasteiger partial charge on any atom is 0.261 e. The minimum Gasteiger partial charge on any atom is -0.490 e. The van der Waals surface area contributed by atoms with E-state index in [1.165, 1.54) is 19.3 Å². The first kappa shape index (κ1) is 24.2. The number of nitrogens with one attached hydrogen (secondary N) is 3. The molecule has 170 valence electrons. The van der Waals surface area contributed by atoms with Crippen molar-refractivity contribution in [1.82, 2.24) is 10.6 Å². The van der Waals surface area contributed by atoms with Crippen molar-refractivity contribution in [2.75, 3.05) is 5.32 Å². The van der Waals surface area contributed by atoms with Crippen LogP contribution >= 0.6 is 28.1 Å². The molecule has 1 aliphatic carbocycles. The summed E-state index contributed by atoms with van der Waals surface area (Å²) in [5.41, 5.74) is 1.66. The minimum atomic E-state index is -0.372. The number of anilines is 1. The normalized spacial score (nSPS) is 14.0. The summed E-state index contributed by atoms with van der Waals surface area (Å²) in [6.45, 7) is 3.80. The summed E-state index contributed by atoms with van der Waals surface area (Å²) in [6, 6.07) is 12.5. The molecule has 0 spiro atoms. The van der Waals surface area contributed by atoms with Crippen molar-refractivity contribution in [3.63, 3.8) is 0 Å². The van der Waals surface area contributed by atoms with E-state index in [2.05, 4.69) is 31.9 Å². The van der Waals surface area contributed by atoms with Crippen molar-refractivity contribution in [2.24, 2.45) is 0 Å². The quantitative estimate of drug-likeness (QED) is 0.445. The molecule has 0 atom stereocenters. The van der Waals surface area contributed by atoms with Gasteiger partial charge >= 0.3 is 0 Å². The molecule has 0 radical (unpaired) electrons. The van der Waals surface area contributed by atoms with Gasteiger partial charge in [-0.05, 0) is 81.4 Å². The Morgan fingerprint density at radius 1 is 1.03 bits per heavy atom. The second-order valence-corrected chi connectivity index (χ2v) is 9.43. The lowest BCUT2D eigenvalue weighted by Gasteiger charge is -2.22. The minimum absolute atomic E-state index is 0.0633. The van der Waals surface area contributed by atoms with Crippen molar-refractivity contribution >= 4 is 50.8 Å². The van der Waals surface area contributed by atoms with E-state index in [9.17, 15) is 9.59 Å². The van der Waals surface area contributed by atoms with Gasteiger partial charge in [0.15, 0.2) is 5.11 Å². The fourth-order valence-corrected chi connectivity index (χ4v) is 4.16. The lowest BCUT2D eigenvalue weighted by molar-refractivity contribution is 0.0926. The van der Waals surface area contributed by atoms with Crippen LogP contribution in [-0.4, -0.2) is 29.1 Å². The predicted octanol–water partition coefficient (Wildman–Crippen LogP) is 5.43. The third-order valence-electron chi connectivity index (χ3n) is 5.12. The fraction of sp³-hybridized carbons (Fsp3) is 0.375. The molecule has 2 aromatic rings. The molecule has 0 saturated heterocycles. The number of hydrogen-bond donors (Lipinski definition) is 3. The molecule has 1 saturated carbocycles. The smallest absolute Gasteiger partial charge is 0.261 e. The molecule has 3 rings (SSSR count). The molecule has 2 aromatic carbocycles. The van der Waals surface area contributed by atoms with E-state index in [1.54, 1.807) is 36.4 Å². The Morgan fingerprint density at radius 2 is 1.72 bits per heavy atom. The van der Waals surface area contributed by atoms with Crippen LogP contribution in [0, 0.1) is 0 Å². The zero-order valence-corrected chi connectivity index (χ0v) is 20.6. The highest BCUT2D eigenvalue weighted by Gasteiger charge is 2.18. The van der Waals surface area contributed by atoms with Gasteiger partial charge in [-0.1, -0.05) is 35.2 Å². The van der Waals surface area contributed by atoms with E-state index in [-0.39, 0.29) is 29.1 Å². The van der Waals surface area contributed by atoms with Gasteiger partial charge in [0.05, 0.1) is 11.7 Å². The highest BCUT2D eigenvalue weighted by Crippen LogP contribution is 2.24. The highest BCUT2D eigenvalue weighted by atomic mass is 79.9. The van der Waals surface area contributed by atoms with Gasteiger partial charge in [0, 0.05) is 21.8 Å². The number of rotatable bonds is 6. The van der Waals surface area contributed by atoms with Gasteiger partial charge in [0.25, 0.3) is 11.8 Å². The van der Waals surface area contributed by atoms with Crippen molar-refractivity contribution < 1.29 is 14.3 Å². The first-order valence-corrected chi connectivity index (χ1v) is 12.0. The van der Waals surface area contributed by atoms with E-state index in [0.717, 1.165) is 17.3 Å². The molecule has 0 aromatic heterocycles. The summed E-state index contributed by atoms with van der Waals surface area (Å²) in [7, 11) is 0. The zero-order chi connectivity index (χ0) is 23.1. The predicted molar refractivity (Wildman–Crippen MR) is 134 cm³/mol. The van der Waals surface area contributed by atoms with Crippen LogP contribution in [0.4, 0.5) is 5.69 Å². The molecule has 0 unspecified atom stereocenters. The van der Waals surface area contributed by atoms with Crippen LogP contribution in [0.2, 0.25) is 0 Å². The molecule has 2 amide bonds. The molecule has 1 aliphatic rings. The van der Waals surface area contributed by atoms with E-state index < -0.39 is 0 Å². The van der Waals surface area contributed by atoms with Gasteiger partial charge in [-0.15, -0.1) is 0 Å². The van der Waals surface area contributed by atoms with Gasteiger partial charge in [-0.25, -0.2) is 0 Å². The zero-order valence-electron chi connectivity index (χ0n) is 18.2. The van der Waals surface area contributed by atoms with Gasteiger partial charge in [0.2, 0.25) is 0 Å². The van der Waals surface area contributed by atoms with Crippen molar-refractivity contribution in [3.05, 3.63) is 58.1 Å². The van der Waals surface area contributed by atoms with Crippen molar-refractivity contribution in [3.8, 4) is 5.75 Å². The molecule has 0 heterocycles. The van der Waals surface area contributed by atoms with Crippen LogP contribution in [0.15, 0.2) is 46.9 Å². The maximum absolute atomic E-state index is 12.7. The van der Waals surface area contributed by atoms with Crippen LogP contribution in [0.25, 0.3) is 0 Å². The van der Waals surface area contributed by atoms with Crippen LogP contribution < -0.4 is 20.7 Å². The van der Waals surface area contributed by atoms with Crippen molar-refractivity contribution in [2.45, 2.75) is 58.1 Å². The molecule has 32 heavy (non-hydrogen) atoms. The molecule has 0 bridgehead atoms. The van der Waals surface area contributed by atoms with Gasteiger partial charge in [0.1, 0.15) is 5.75 Å². The molecular formula is C24H28BrN3O3S. The van der Waals surface area contributed by atoms with Gasteiger partial charge in [-0.2, -0.15) is 0 Å². The van der Waals surface area contributed by atoms with E-state index in [0.29, 0.717) is 22.6 Å². The second-order valence-electron chi connectivity index (χ2n) is 8.10. The molecule has 8 heteroatoms. The largest absolute Gasteiger partial charge is 0.490 e. The lowest BCUT2D eigenvalue weighted by Crippen LogP contribution is -2.36. The number of carbonyl (C=O) groups excluding carboxylic acids is 2. The van der Waals surface area contributed by atoms with Gasteiger partial charge < -0.3 is 15.4 Å². The van der Waals surface area contributed by atoms with Crippen LogP contribution in [-0.2, 0) is 0 Å². The van der Waals surface area contributed by atoms with Crippen LogP contribution in [0.3, 0.4) is 0 Å². The average molecular weight is 518 g/mol. The van der Waals surface area contributed by atoms with E-state index >= 15 is 0 Å². The summed E-state index contributed by atoms with van der Waals surface area (Å²) in [6.07, 6.45) is 5.60. The molecule has 0 aliphatic heterocycles. The summed E-state index contributed by atoms with van der Waals surface area (Å²) in [5, 5.41) is 8.92. The Labute approximate surface area is 202 Å². The summed E-state index contributed by atoms with van der Waals surface area (Å²) in [5.74, 6) is 0.0476. The SMILES string of the molecule is CC(C)Oc1ccc(Br)cc1C(=O)NC(=S)Nc1ccc(C(=O)NC2CCCCC2)cc1. The average Bonchev–Trinajstić information content (AvgIpc) is 2.75. The number of thiocarbonyl (C=S) groups is 1. The van der Waals surface area contributed by atoms with Gasteiger partial charge in [-0.3, -0.25) is 14.9 Å². The van der Waals surface area contributed by atoms with E-state index in [1.807, 2.05) is 19.9 Å². The number of hydrogen-bond acceptors (Lipinski definition) is 4. The highest BCUT2D eigenvalue weighted by molar-refractivity contribution is 9.10. The Balaban J connectivity index is 1.57. The Hall–Kier alpha value is -2.45.